The van der Waals surface area contributed by atoms with Gasteiger partial charge in [-0.3, -0.25) is 14.1 Å². The zero-order valence-corrected chi connectivity index (χ0v) is 26.6. The van der Waals surface area contributed by atoms with Gasteiger partial charge in [0.05, 0.1) is 27.8 Å². The summed E-state index contributed by atoms with van der Waals surface area (Å²) in [6.07, 6.45) is 1.81. The lowest BCUT2D eigenvalue weighted by Crippen LogP contribution is -2.10. The van der Waals surface area contributed by atoms with Gasteiger partial charge < -0.3 is 0 Å². The first kappa shape index (κ1) is 26.7. The highest BCUT2D eigenvalue weighted by Crippen LogP contribution is 2.49. The molecule has 0 spiro atoms. The molecule has 0 radical (unpaired) electrons. The molecule has 0 atom stereocenters. The van der Waals surface area contributed by atoms with Crippen molar-refractivity contribution in [1.82, 2.24) is 34.1 Å². The van der Waals surface area contributed by atoms with Crippen molar-refractivity contribution in [1.29, 1.82) is 0 Å². The van der Waals surface area contributed by atoms with E-state index in [0.717, 1.165) is 49.6 Å². The summed E-state index contributed by atoms with van der Waals surface area (Å²) in [7, 11) is 0. The Bertz CT molecular complexity index is 2980. The van der Waals surface area contributed by atoms with E-state index in [1.165, 1.54) is 26.1 Å². The Morgan fingerprint density at radius 2 is 1.27 bits per heavy atom. The summed E-state index contributed by atoms with van der Waals surface area (Å²) in [6, 6.07) is 46.1. The number of nitrogens with zero attached hydrogens (tertiary/aromatic N) is 7. The summed E-state index contributed by atoms with van der Waals surface area (Å²) in [5.74, 6) is 1.61. The van der Waals surface area contributed by atoms with Crippen LogP contribution in [0, 0.1) is 0 Å². The first-order chi connectivity index (χ1) is 24.3. The summed E-state index contributed by atoms with van der Waals surface area (Å²) in [5, 5.41) is 5.57. The largest absolute Gasteiger partial charge is 0.293 e. The Hall–Kier alpha value is -6.38. The minimum absolute atomic E-state index is 0.496. The number of pyridine rings is 2. The second-order valence-electron chi connectivity index (χ2n) is 12.2. The highest BCUT2D eigenvalue weighted by molar-refractivity contribution is 7.99. The van der Waals surface area contributed by atoms with Crippen molar-refractivity contribution in [3.8, 4) is 34.5 Å². The van der Waals surface area contributed by atoms with Crippen LogP contribution in [0.25, 0.3) is 89.2 Å². The molecule has 10 aromatic rings. The van der Waals surface area contributed by atoms with Crippen LogP contribution in [0.5, 0.6) is 0 Å². The van der Waals surface area contributed by atoms with Gasteiger partial charge in [0.25, 0.3) is 0 Å². The van der Waals surface area contributed by atoms with Crippen molar-refractivity contribution in [3.63, 3.8) is 0 Å². The molecule has 0 unspecified atom stereocenters. The van der Waals surface area contributed by atoms with Crippen LogP contribution in [0.3, 0.4) is 0 Å². The fourth-order valence-corrected chi connectivity index (χ4v) is 8.37. The monoisotopic (exact) mass is 645 g/mol. The molecule has 5 aromatic heterocycles. The van der Waals surface area contributed by atoms with Crippen molar-refractivity contribution < 1.29 is 0 Å². The maximum Gasteiger partial charge on any atom is 0.240 e. The van der Waals surface area contributed by atoms with E-state index in [0.29, 0.717) is 23.3 Å². The van der Waals surface area contributed by atoms with Gasteiger partial charge in [-0.2, -0.15) is 9.97 Å². The van der Waals surface area contributed by atoms with Crippen molar-refractivity contribution in [2.45, 2.75) is 9.79 Å². The smallest absolute Gasteiger partial charge is 0.240 e. The van der Waals surface area contributed by atoms with Crippen LogP contribution in [0.1, 0.15) is 0 Å². The number of rotatable bonds is 3. The zero-order chi connectivity index (χ0) is 32.1. The SMILES string of the molecule is c1ccc(-c2nc(-c3ccc4ccc5cccnc5c4n3)nc(-n3c4ccccc4c4c5cccc6c5n(c43)-c3ccccc3S6)n2)cc1. The summed E-state index contributed by atoms with van der Waals surface area (Å²) in [4.78, 5) is 27.8. The first-order valence-corrected chi connectivity index (χ1v) is 16.9. The standard InChI is InChI=1S/C41H23N7S/c1-2-10-26(11-3-1)38-44-39(29-22-21-25-20-19-24-12-9-23-42-35(24)36(25)43-29)46-41(45-38)48-30-15-5-4-13-27(30)34-28-14-8-18-33-37(28)47(40(34)48)31-16-6-7-17-32(31)49-33/h1-23H. The van der Waals surface area contributed by atoms with E-state index < -0.39 is 0 Å². The molecule has 8 heteroatoms. The normalized spacial score (nSPS) is 12.4. The molecular weight excluding hydrogens is 623 g/mol. The molecular formula is C41H23N7S. The van der Waals surface area contributed by atoms with Gasteiger partial charge in [0.2, 0.25) is 5.95 Å². The molecule has 0 amide bonds. The zero-order valence-electron chi connectivity index (χ0n) is 25.8. The van der Waals surface area contributed by atoms with Crippen molar-refractivity contribution in [3.05, 3.63) is 140 Å². The van der Waals surface area contributed by atoms with E-state index >= 15 is 0 Å². The molecule has 6 heterocycles. The van der Waals surface area contributed by atoms with Gasteiger partial charge >= 0.3 is 0 Å². The van der Waals surface area contributed by atoms with Crippen molar-refractivity contribution in [2.24, 2.45) is 0 Å². The molecule has 49 heavy (non-hydrogen) atoms. The van der Waals surface area contributed by atoms with Gasteiger partial charge in [-0.1, -0.05) is 109 Å². The van der Waals surface area contributed by atoms with Crippen LogP contribution in [0.2, 0.25) is 0 Å². The summed E-state index contributed by atoms with van der Waals surface area (Å²) in [6.45, 7) is 0. The molecule has 228 valence electrons. The number of para-hydroxylation sites is 3. The maximum absolute atomic E-state index is 5.24. The van der Waals surface area contributed by atoms with E-state index in [1.807, 2.05) is 60.4 Å². The van der Waals surface area contributed by atoms with Crippen LogP contribution in [-0.4, -0.2) is 34.1 Å². The molecule has 0 saturated carbocycles. The number of aromatic nitrogens is 7. The van der Waals surface area contributed by atoms with E-state index in [1.54, 1.807) is 0 Å². The number of hydrogen-bond donors (Lipinski definition) is 0. The second-order valence-corrected chi connectivity index (χ2v) is 13.3. The van der Waals surface area contributed by atoms with Gasteiger partial charge in [0.15, 0.2) is 11.6 Å². The van der Waals surface area contributed by atoms with Gasteiger partial charge in [-0.05, 0) is 36.4 Å². The third-order valence-corrected chi connectivity index (χ3v) is 10.5. The molecule has 5 aromatic carbocycles. The molecule has 1 aliphatic rings. The summed E-state index contributed by atoms with van der Waals surface area (Å²) >= 11 is 1.82. The van der Waals surface area contributed by atoms with E-state index in [9.17, 15) is 0 Å². The number of hydrogen-bond acceptors (Lipinski definition) is 6. The summed E-state index contributed by atoms with van der Waals surface area (Å²) < 4.78 is 4.60. The predicted octanol–water partition coefficient (Wildman–Crippen LogP) is 9.81. The first-order valence-electron chi connectivity index (χ1n) is 16.1. The van der Waals surface area contributed by atoms with Gasteiger partial charge in [0.1, 0.15) is 11.3 Å². The van der Waals surface area contributed by atoms with Gasteiger partial charge in [-0.15, -0.1) is 0 Å². The highest BCUT2D eigenvalue weighted by Gasteiger charge is 2.29. The molecule has 0 bridgehead atoms. The molecule has 0 N–H and O–H groups in total. The van der Waals surface area contributed by atoms with Gasteiger partial charge in [-0.25, -0.2) is 9.97 Å². The molecule has 1 aliphatic heterocycles. The second kappa shape index (κ2) is 10.1. The van der Waals surface area contributed by atoms with E-state index in [2.05, 4.69) is 105 Å². The summed E-state index contributed by atoms with van der Waals surface area (Å²) in [5.41, 5.74) is 7.61. The van der Waals surface area contributed by atoms with Crippen molar-refractivity contribution >= 4 is 66.4 Å². The van der Waals surface area contributed by atoms with Crippen LogP contribution >= 0.6 is 11.8 Å². The molecule has 11 rings (SSSR count). The minimum atomic E-state index is 0.496. The highest BCUT2D eigenvalue weighted by atomic mass is 32.2. The third kappa shape index (κ3) is 3.83. The van der Waals surface area contributed by atoms with E-state index in [-0.39, 0.29) is 0 Å². The van der Waals surface area contributed by atoms with Gasteiger partial charge in [0, 0.05) is 48.5 Å². The fourth-order valence-electron chi connectivity index (χ4n) is 7.27. The minimum Gasteiger partial charge on any atom is -0.293 e. The number of fused-ring (bicyclic) bond motifs is 10. The predicted molar refractivity (Wildman–Crippen MR) is 197 cm³/mol. The Morgan fingerprint density at radius 1 is 0.510 bits per heavy atom. The lowest BCUT2D eigenvalue weighted by atomic mass is 10.1. The lowest BCUT2D eigenvalue weighted by molar-refractivity contribution is 0.924. The van der Waals surface area contributed by atoms with E-state index in [4.69, 9.17) is 19.9 Å². The fraction of sp³-hybridized carbons (Fsp3) is 0. The third-order valence-electron chi connectivity index (χ3n) is 9.40. The molecule has 0 saturated heterocycles. The van der Waals surface area contributed by atoms with Crippen LogP contribution in [-0.2, 0) is 0 Å². The Morgan fingerprint density at radius 3 is 2.20 bits per heavy atom. The lowest BCUT2D eigenvalue weighted by Gasteiger charge is -2.20. The maximum atomic E-state index is 5.24. The van der Waals surface area contributed by atoms with Crippen LogP contribution < -0.4 is 0 Å². The topological polar surface area (TPSA) is 74.3 Å². The van der Waals surface area contributed by atoms with Crippen molar-refractivity contribution in [2.75, 3.05) is 0 Å². The quantitative estimate of drug-likeness (QED) is 0.178. The number of benzene rings is 5. The Balaban J connectivity index is 1.27. The molecule has 0 fully saturated rings. The molecule has 7 nitrogen and oxygen atoms in total. The van der Waals surface area contributed by atoms with Crippen LogP contribution in [0.4, 0.5) is 0 Å². The average Bonchev–Trinajstić information content (AvgIpc) is 3.69. The van der Waals surface area contributed by atoms with Crippen LogP contribution in [0.15, 0.2) is 149 Å². The Labute approximate surface area is 283 Å². The Kier molecular flexibility index (Phi) is 5.47. The molecule has 0 aliphatic carbocycles. The average molecular weight is 646 g/mol.